The Labute approximate surface area is 153 Å². The summed E-state index contributed by atoms with van der Waals surface area (Å²) in [5.41, 5.74) is -0.364. The molecule has 0 saturated carbocycles. The third-order valence-electron chi connectivity index (χ3n) is 3.92. The molecule has 0 amide bonds. The van der Waals surface area contributed by atoms with Gasteiger partial charge in [-0.05, 0) is 44.0 Å². The molecule has 0 aliphatic carbocycles. The molecule has 7 nitrogen and oxygen atoms in total. The van der Waals surface area contributed by atoms with Crippen LogP contribution < -0.4 is 15.4 Å². The van der Waals surface area contributed by atoms with Gasteiger partial charge in [-0.25, -0.2) is 4.99 Å². The molecule has 1 heterocycles. The summed E-state index contributed by atoms with van der Waals surface area (Å²) in [6.07, 6.45) is 2.15. The van der Waals surface area contributed by atoms with E-state index in [1.54, 1.807) is 32.2 Å². The maximum absolute atomic E-state index is 10.5. The van der Waals surface area contributed by atoms with Gasteiger partial charge in [0.25, 0.3) is 0 Å². The summed E-state index contributed by atoms with van der Waals surface area (Å²) in [6.45, 7) is 5.06. The summed E-state index contributed by atoms with van der Waals surface area (Å²) in [7, 11) is 1.56. The zero-order valence-corrected chi connectivity index (χ0v) is 15.5. The molecule has 1 unspecified atom stereocenters. The lowest BCUT2D eigenvalue weighted by Crippen LogP contribution is -2.39. The molecule has 26 heavy (non-hydrogen) atoms. The molecular weight excluding hydrogens is 334 g/mol. The van der Waals surface area contributed by atoms with Gasteiger partial charge in [-0.2, -0.15) is 0 Å². The fourth-order valence-corrected chi connectivity index (χ4v) is 2.44. The summed E-state index contributed by atoms with van der Waals surface area (Å²) in [4.78, 5) is 4.42. The standard InChI is InChI=1S/C19H27N3O4/c1-4-20-18(22-13-19(2,24)17-6-5-11-26-17)21-10-9-14-7-8-15(25-3)12-16(14)23/h5-8,11-12,23-24H,4,9-10,13H2,1-3H3,(H2,20,21,22). The molecule has 2 aromatic rings. The van der Waals surface area contributed by atoms with Crippen molar-refractivity contribution < 1.29 is 19.4 Å². The van der Waals surface area contributed by atoms with Crippen molar-refractivity contribution in [1.82, 2.24) is 10.6 Å². The zero-order valence-electron chi connectivity index (χ0n) is 15.5. The van der Waals surface area contributed by atoms with Crippen molar-refractivity contribution in [3.8, 4) is 11.5 Å². The number of aromatic hydroxyl groups is 1. The van der Waals surface area contributed by atoms with Gasteiger partial charge < -0.3 is 30.0 Å². The van der Waals surface area contributed by atoms with E-state index in [1.807, 2.05) is 19.1 Å². The average Bonchev–Trinajstić information content (AvgIpc) is 3.16. The number of guanidine groups is 1. The molecule has 0 fully saturated rings. The summed E-state index contributed by atoms with van der Waals surface area (Å²) < 4.78 is 10.3. The number of phenolic OH excluding ortho intramolecular Hbond substituents is 1. The van der Waals surface area contributed by atoms with E-state index in [4.69, 9.17) is 9.15 Å². The number of phenols is 1. The van der Waals surface area contributed by atoms with Gasteiger partial charge in [-0.15, -0.1) is 0 Å². The highest BCUT2D eigenvalue weighted by molar-refractivity contribution is 5.79. The number of aliphatic hydroxyl groups is 1. The van der Waals surface area contributed by atoms with Crippen LogP contribution in [0.5, 0.6) is 11.5 Å². The van der Waals surface area contributed by atoms with E-state index >= 15 is 0 Å². The molecule has 0 aliphatic heterocycles. The average molecular weight is 361 g/mol. The smallest absolute Gasteiger partial charge is 0.191 e. The summed E-state index contributed by atoms with van der Waals surface area (Å²) in [6, 6.07) is 8.70. The minimum Gasteiger partial charge on any atom is -0.508 e. The van der Waals surface area contributed by atoms with E-state index in [1.165, 1.54) is 6.26 Å². The van der Waals surface area contributed by atoms with Crippen molar-refractivity contribution in [3.05, 3.63) is 47.9 Å². The third kappa shape index (κ3) is 5.42. The Bertz CT molecular complexity index is 712. The van der Waals surface area contributed by atoms with Gasteiger partial charge in [0, 0.05) is 19.2 Å². The molecule has 0 bridgehead atoms. The largest absolute Gasteiger partial charge is 0.508 e. The molecule has 0 spiro atoms. The lowest BCUT2D eigenvalue weighted by molar-refractivity contribution is 0.0437. The van der Waals surface area contributed by atoms with Crippen molar-refractivity contribution in [2.45, 2.75) is 25.9 Å². The number of benzene rings is 1. The lowest BCUT2D eigenvalue weighted by atomic mass is 10.0. The molecule has 1 aromatic carbocycles. The van der Waals surface area contributed by atoms with Crippen LogP contribution in [0.4, 0.5) is 0 Å². The quantitative estimate of drug-likeness (QED) is 0.424. The maximum atomic E-state index is 10.5. The van der Waals surface area contributed by atoms with Crippen LogP contribution in [0, 0.1) is 0 Å². The molecule has 4 N–H and O–H groups in total. The van der Waals surface area contributed by atoms with Crippen molar-refractivity contribution in [2.75, 3.05) is 26.7 Å². The van der Waals surface area contributed by atoms with Crippen molar-refractivity contribution >= 4 is 5.96 Å². The summed E-state index contributed by atoms with van der Waals surface area (Å²) in [5, 5.41) is 26.8. The number of hydrogen-bond donors (Lipinski definition) is 4. The first-order valence-electron chi connectivity index (χ1n) is 8.60. The molecule has 1 aromatic heterocycles. The van der Waals surface area contributed by atoms with Crippen molar-refractivity contribution in [2.24, 2.45) is 4.99 Å². The fourth-order valence-electron chi connectivity index (χ4n) is 2.44. The summed E-state index contributed by atoms with van der Waals surface area (Å²) >= 11 is 0. The van der Waals surface area contributed by atoms with Crippen LogP contribution in [0.15, 0.2) is 46.0 Å². The van der Waals surface area contributed by atoms with Crippen LogP contribution >= 0.6 is 0 Å². The highest BCUT2D eigenvalue weighted by Gasteiger charge is 2.26. The molecule has 0 saturated heterocycles. The minimum absolute atomic E-state index is 0.156. The maximum Gasteiger partial charge on any atom is 0.191 e. The number of hydrogen-bond acceptors (Lipinski definition) is 5. The van der Waals surface area contributed by atoms with Crippen LogP contribution in [0.2, 0.25) is 0 Å². The number of rotatable bonds is 8. The lowest BCUT2D eigenvalue weighted by Gasteiger charge is -2.19. The van der Waals surface area contributed by atoms with Crippen LogP contribution in [-0.4, -0.2) is 42.9 Å². The Morgan fingerprint density at radius 2 is 2.12 bits per heavy atom. The van der Waals surface area contributed by atoms with E-state index in [0.717, 1.165) is 5.56 Å². The zero-order chi connectivity index (χ0) is 19.0. The van der Waals surface area contributed by atoms with E-state index in [2.05, 4.69) is 15.6 Å². The third-order valence-corrected chi connectivity index (χ3v) is 3.92. The Balaban J connectivity index is 1.93. The normalized spacial score (nSPS) is 13.9. The Hall–Kier alpha value is -2.67. The van der Waals surface area contributed by atoms with Gasteiger partial charge in [0.05, 0.1) is 19.9 Å². The molecule has 0 aliphatic rings. The van der Waals surface area contributed by atoms with Crippen LogP contribution in [0.25, 0.3) is 0 Å². The number of ether oxygens (including phenoxy) is 1. The number of aliphatic imine (C=N–C) groups is 1. The monoisotopic (exact) mass is 361 g/mol. The first-order chi connectivity index (χ1) is 12.5. The van der Waals surface area contributed by atoms with E-state index < -0.39 is 5.60 Å². The second-order valence-electron chi connectivity index (χ2n) is 6.12. The predicted octanol–water partition coefficient (Wildman–Crippen LogP) is 2.00. The molecule has 142 valence electrons. The first-order valence-corrected chi connectivity index (χ1v) is 8.60. The molecule has 7 heteroatoms. The van der Waals surface area contributed by atoms with Gasteiger partial charge in [-0.3, -0.25) is 0 Å². The van der Waals surface area contributed by atoms with Crippen LogP contribution in [0.1, 0.15) is 25.2 Å². The van der Waals surface area contributed by atoms with Crippen LogP contribution in [-0.2, 0) is 12.0 Å². The molecule has 2 rings (SSSR count). The first kappa shape index (κ1) is 19.7. The Kier molecular flexibility index (Phi) is 6.91. The predicted molar refractivity (Wildman–Crippen MR) is 101 cm³/mol. The summed E-state index contributed by atoms with van der Waals surface area (Å²) in [5.74, 6) is 1.88. The van der Waals surface area contributed by atoms with Crippen molar-refractivity contribution in [1.29, 1.82) is 0 Å². The fraction of sp³-hybridized carbons (Fsp3) is 0.421. The Morgan fingerprint density at radius 3 is 2.73 bits per heavy atom. The highest BCUT2D eigenvalue weighted by Crippen LogP contribution is 2.23. The van der Waals surface area contributed by atoms with E-state index in [0.29, 0.717) is 37.0 Å². The number of nitrogens with zero attached hydrogens (tertiary/aromatic N) is 1. The van der Waals surface area contributed by atoms with Crippen LogP contribution in [0.3, 0.4) is 0 Å². The van der Waals surface area contributed by atoms with E-state index in [-0.39, 0.29) is 12.3 Å². The highest BCUT2D eigenvalue weighted by atomic mass is 16.5. The number of nitrogens with one attached hydrogen (secondary N) is 2. The molecular formula is C19H27N3O4. The molecule has 1 atom stereocenters. The number of furan rings is 1. The van der Waals surface area contributed by atoms with Crippen molar-refractivity contribution in [3.63, 3.8) is 0 Å². The minimum atomic E-state index is -1.18. The molecule has 0 radical (unpaired) electrons. The van der Waals surface area contributed by atoms with Gasteiger partial charge in [0.15, 0.2) is 5.96 Å². The SMILES string of the molecule is CCNC(=NCC(C)(O)c1ccco1)NCCc1ccc(OC)cc1O. The Morgan fingerprint density at radius 1 is 1.31 bits per heavy atom. The van der Waals surface area contributed by atoms with E-state index in [9.17, 15) is 10.2 Å². The second-order valence-corrected chi connectivity index (χ2v) is 6.12. The second kappa shape index (κ2) is 9.15. The van der Waals surface area contributed by atoms with Gasteiger partial charge >= 0.3 is 0 Å². The number of methoxy groups -OCH3 is 1. The van der Waals surface area contributed by atoms with Gasteiger partial charge in [-0.1, -0.05) is 6.07 Å². The topological polar surface area (TPSA) is 99.3 Å². The van der Waals surface area contributed by atoms with Gasteiger partial charge in [0.1, 0.15) is 22.9 Å². The van der Waals surface area contributed by atoms with Gasteiger partial charge in [0.2, 0.25) is 0 Å².